The van der Waals surface area contributed by atoms with E-state index in [4.69, 9.17) is 11.6 Å². The van der Waals surface area contributed by atoms with Crippen LogP contribution in [0.4, 0.5) is 11.4 Å². The summed E-state index contributed by atoms with van der Waals surface area (Å²) in [7, 11) is 4.08. The maximum Gasteiger partial charge on any atom is 0.0786 e. The van der Waals surface area contributed by atoms with E-state index in [9.17, 15) is 0 Å². The average molecular weight is 310 g/mol. The molecule has 0 bridgehead atoms. The molecule has 1 heterocycles. The Labute approximate surface area is 134 Å². The number of anilines is 2. The first-order valence-corrected chi connectivity index (χ1v) is 8.35. The SMILES string of the molecule is CCN1CCC(C(C)Nc2cccc(Cl)c2N(C)C)CC1. The molecule has 4 heteroatoms. The van der Waals surface area contributed by atoms with Crippen molar-refractivity contribution in [3.8, 4) is 0 Å². The minimum Gasteiger partial charge on any atom is -0.381 e. The molecule has 1 unspecified atom stereocenters. The lowest BCUT2D eigenvalue weighted by atomic mass is 9.90. The summed E-state index contributed by atoms with van der Waals surface area (Å²) in [5.74, 6) is 0.738. The molecule has 21 heavy (non-hydrogen) atoms. The number of rotatable bonds is 5. The molecule has 1 aromatic carbocycles. The molecule has 1 N–H and O–H groups in total. The van der Waals surface area contributed by atoms with Crippen molar-refractivity contribution in [1.29, 1.82) is 0 Å². The smallest absolute Gasteiger partial charge is 0.0786 e. The highest BCUT2D eigenvalue weighted by atomic mass is 35.5. The van der Waals surface area contributed by atoms with Crippen LogP contribution in [-0.2, 0) is 0 Å². The maximum absolute atomic E-state index is 6.34. The lowest BCUT2D eigenvalue weighted by Crippen LogP contribution is -2.39. The van der Waals surface area contributed by atoms with Crippen molar-refractivity contribution in [2.45, 2.75) is 32.7 Å². The second kappa shape index (κ2) is 7.37. The summed E-state index contributed by atoms with van der Waals surface area (Å²) >= 11 is 6.34. The van der Waals surface area contributed by atoms with Gasteiger partial charge in [0.1, 0.15) is 0 Å². The van der Waals surface area contributed by atoms with Crippen LogP contribution in [0.15, 0.2) is 18.2 Å². The third-order valence-corrected chi connectivity index (χ3v) is 4.91. The first-order valence-electron chi connectivity index (χ1n) is 7.97. The van der Waals surface area contributed by atoms with E-state index >= 15 is 0 Å². The van der Waals surface area contributed by atoms with Crippen LogP contribution in [0.1, 0.15) is 26.7 Å². The summed E-state index contributed by atoms with van der Waals surface area (Å²) in [6.07, 6.45) is 2.56. The van der Waals surface area contributed by atoms with E-state index in [1.165, 1.54) is 32.5 Å². The zero-order valence-corrected chi connectivity index (χ0v) is 14.5. The molecule has 2 rings (SSSR count). The van der Waals surface area contributed by atoms with Crippen molar-refractivity contribution in [2.24, 2.45) is 5.92 Å². The molecular weight excluding hydrogens is 282 g/mol. The molecule has 0 aliphatic carbocycles. The van der Waals surface area contributed by atoms with Crippen molar-refractivity contribution in [2.75, 3.05) is 43.9 Å². The van der Waals surface area contributed by atoms with Gasteiger partial charge in [-0.3, -0.25) is 0 Å². The molecule has 0 radical (unpaired) electrons. The first kappa shape index (κ1) is 16.4. The number of piperidine rings is 1. The highest BCUT2D eigenvalue weighted by Gasteiger charge is 2.24. The van der Waals surface area contributed by atoms with E-state index in [2.05, 4.69) is 35.0 Å². The monoisotopic (exact) mass is 309 g/mol. The van der Waals surface area contributed by atoms with Gasteiger partial charge < -0.3 is 15.1 Å². The quantitative estimate of drug-likeness (QED) is 0.889. The topological polar surface area (TPSA) is 18.5 Å². The number of nitrogens with one attached hydrogen (secondary N) is 1. The molecule has 0 aromatic heterocycles. The molecule has 0 saturated carbocycles. The van der Waals surface area contributed by atoms with Crippen LogP contribution in [-0.4, -0.2) is 44.7 Å². The molecule has 1 aromatic rings. The fourth-order valence-corrected chi connectivity index (χ4v) is 3.56. The number of hydrogen-bond acceptors (Lipinski definition) is 3. The minimum absolute atomic E-state index is 0.473. The van der Waals surface area contributed by atoms with Crippen molar-refractivity contribution in [3.05, 3.63) is 23.2 Å². The van der Waals surface area contributed by atoms with Crippen LogP contribution in [0.25, 0.3) is 0 Å². The molecule has 0 amide bonds. The van der Waals surface area contributed by atoms with E-state index in [1.54, 1.807) is 0 Å². The average Bonchev–Trinajstić information content (AvgIpc) is 2.47. The number of nitrogens with zero attached hydrogens (tertiary/aromatic N) is 2. The van der Waals surface area contributed by atoms with Gasteiger partial charge in [0.15, 0.2) is 0 Å². The van der Waals surface area contributed by atoms with Crippen molar-refractivity contribution >= 4 is 23.0 Å². The summed E-state index contributed by atoms with van der Waals surface area (Å²) in [4.78, 5) is 4.62. The minimum atomic E-state index is 0.473. The van der Waals surface area contributed by atoms with E-state index in [0.717, 1.165) is 22.3 Å². The number of benzene rings is 1. The van der Waals surface area contributed by atoms with Gasteiger partial charge in [-0.05, 0) is 57.5 Å². The molecule has 1 fully saturated rings. The number of likely N-dealkylation sites (tertiary alicyclic amines) is 1. The Morgan fingerprint density at radius 1 is 1.33 bits per heavy atom. The molecule has 1 aliphatic rings. The molecular formula is C17H28ClN3. The molecule has 0 spiro atoms. The molecule has 118 valence electrons. The maximum atomic E-state index is 6.34. The van der Waals surface area contributed by atoms with Crippen LogP contribution in [0.5, 0.6) is 0 Å². The van der Waals surface area contributed by atoms with Gasteiger partial charge in [-0.25, -0.2) is 0 Å². The van der Waals surface area contributed by atoms with Gasteiger partial charge in [0.2, 0.25) is 0 Å². The van der Waals surface area contributed by atoms with Crippen LogP contribution in [0, 0.1) is 5.92 Å². The van der Waals surface area contributed by atoms with Crippen LogP contribution >= 0.6 is 11.6 Å². The van der Waals surface area contributed by atoms with E-state index in [0.29, 0.717) is 6.04 Å². The Balaban J connectivity index is 2.03. The van der Waals surface area contributed by atoms with Crippen LogP contribution in [0.2, 0.25) is 5.02 Å². The van der Waals surface area contributed by atoms with E-state index in [-0.39, 0.29) is 0 Å². The molecule has 1 saturated heterocycles. The second-order valence-corrected chi connectivity index (χ2v) is 6.64. The number of halogens is 1. The Morgan fingerprint density at radius 3 is 2.57 bits per heavy atom. The summed E-state index contributed by atoms with van der Waals surface area (Å²) in [5, 5.41) is 4.49. The number of hydrogen-bond donors (Lipinski definition) is 1. The standard InChI is InChI=1S/C17H28ClN3/c1-5-21-11-9-14(10-12-21)13(2)19-16-8-6-7-15(18)17(16)20(3)4/h6-8,13-14,19H,5,9-12H2,1-4H3. The Bertz CT molecular complexity index is 453. The van der Waals surface area contributed by atoms with Gasteiger partial charge >= 0.3 is 0 Å². The Hall–Kier alpha value is -0.930. The van der Waals surface area contributed by atoms with Crippen LogP contribution < -0.4 is 10.2 Å². The summed E-state index contributed by atoms with van der Waals surface area (Å²) in [6, 6.07) is 6.57. The van der Waals surface area contributed by atoms with Gasteiger partial charge in [0, 0.05) is 20.1 Å². The summed E-state index contributed by atoms with van der Waals surface area (Å²) < 4.78 is 0. The third kappa shape index (κ3) is 4.04. The zero-order valence-electron chi connectivity index (χ0n) is 13.7. The van der Waals surface area contributed by atoms with Gasteiger partial charge in [-0.1, -0.05) is 24.6 Å². The van der Waals surface area contributed by atoms with Crippen LogP contribution in [0.3, 0.4) is 0 Å². The second-order valence-electron chi connectivity index (χ2n) is 6.24. The predicted molar refractivity (Wildman–Crippen MR) is 93.7 cm³/mol. The highest BCUT2D eigenvalue weighted by Crippen LogP contribution is 2.34. The fraction of sp³-hybridized carbons (Fsp3) is 0.647. The van der Waals surface area contributed by atoms with Gasteiger partial charge in [-0.15, -0.1) is 0 Å². The largest absolute Gasteiger partial charge is 0.381 e. The Morgan fingerprint density at radius 2 is 2.00 bits per heavy atom. The van der Waals surface area contributed by atoms with Crippen molar-refractivity contribution < 1.29 is 0 Å². The summed E-state index contributed by atoms with van der Waals surface area (Å²) in [5.41, 5.74) is 2.22. The third-order valence-electron chi connectivity index (χ3n) is 4.60. The molecule has 1 atom stereocenters. The highest BCUT2D eigenvalue weighted by molar-refractivity contribution is 6.34. The van der Waals surface area contributed by atoms with E-state index in [1.807, 2.05) is 26.2 Å². The number of para-hydroxylation sites is 1. The van der Waals surface area contributed by atoms with Gasteiger partial charge in [0.05, 0.1) is 16.4 Å². The van der Waals surface area contributed by atoms with Crippen molar-refractivity contribution in [1.82, 2.24) is 4.90 Å². The van der Waals surface area contributed by atoms with Gasteiger partial charge in [0.25, 0.3) is 0 Å². The fourth-order valence-electron chi connectivity index (χ4n) is 3.22. The molecule has 1 aliphatic heterocycles. The first-order chi connectivity index (χ1) is 10.0. The zero-order chi connectivity index (χ0) is 15.4. The normalized spacial score (nSPS) is 18.5. The lowest BCUT2D eigenvalue weighted by Gasteiger charge is -2.35. The van der Waals surface area contributed by atoms with Gasteiger partial charge in [-0.2, -0.15) is 0 Å². The predicted octanol–water partition coefficient (Wildman–Crippen LogP) is 3.94. The lowest BCUT2D eigenvalue weighted by molar-refractivity contribution is 0.183. The van der Waals surface area contributed by atoms with E-state index < -0.39 is 0 Å². The molecule has 3 nitrogen and oxygen atoms in total. The van der Waals surface area contributed by atoms with Crippen molar-refractivity contribution in [3.63, 3.8) is 0 Å². The summed E-state index contributed by atoms with van der Waals surface area (Å²) in [6.45, 7) is 8.17. The Kier molecular flexibility index (Phi) is 5.77.